The average Bonchev–Trinajstić information content (AvgIpc) is 2.01. The molecule has 0 unspecified atom stereocenters. The Labute approximate surface area is 99.5 Å². The molecule has 0 atom stereocenters. The highest BCUT2D eigenvalue weighted by Crippen LogP contribution is 2.36. The van der Waals surface area contributed by atoms with Gasteiger partial charge in [-0.05, 0) is 12.1 Å². The van der Waals surface area contributed by atoms with Crippen molar-refractivity contribution in [1.82, 2.24) is 0 Å². The van der Waals surface area contributed by atoms with Gasteiger partial charge in [0.1, 0.15) is 0 Å². The molecule has 0 fully saturated rings. The largest absolute Gasteiger partial charge is 0.493 e. The van der Waals surface area contributed by atoms with Gasteiger partial charge in [0, 0.05) is 21.0 Å². The van der Waals surface area contributed by atoms with Crippen molar-refractivity contribution >= 4 is 49.6 Å². The van der Waals surface area contributed by atoms with E-state index in [0.717, 1.165) is 0 Å². The molecule has 0 aliphatic carbocycles. The van der Waals surface area contributed by atoms with Gasteiger partial charge in [-0.15, -0.1) is 0 Å². The van der Waals surface area contributed by atoms with Gasteiger partial charge in [-0.25, -0.2) is 0 Å². The topological polar surface area (TPSA) is 38.3 Å². The van der Waals surface area contributed by atoms with Gasteiger partial charge in [0.2, 0.25) is 0 Å². The molecule has 0 aliphatic rings. The molecule has 0 radical (unpaired) electrons. The smallest absolute Gasteiger partial charge is 0.291 e. The molecule has 0 aromatic heterocycles. The van der Waals surface area contributed by atoms with Gasteiger partial charge in [-0.1, -0.05) is 23.2 Å². The predicted octanol–water partition coefficient (Wildman–Crippen LogP) is 3.93. The number of rotatable bonds is 2. The van der Waals surface area contributed by atoms with Crippen LogP contribution in [-0.4, -0.2) is 11.9 Å². The van der Waals surface area contributed by atoms with Crippen LogP contribution in [0.1, 0.15) is 0 Å². The van der Waals surface area contributed by atoms with Crippen molar-refractivity contribution in [2.24, 2.45) is 0 Å². The molecule has 0 spiro atoms. The van der Waals surface area contributed by atoms with Gasteiger partial charge in [0.25, 0.3) is 4.82 Å². The maximum atomic E-state index is 10.8. The Balaban J connectivity index is 3.17. The molecule has 1 rings (SSSR count). The first-order chi connectivity index (χ1) is 6.54. The number of benzene rings is 1. The van der Waals surface area contributed by atoms with Gasteiger partial charge in [0.15, 0.2) is 5.75 Å². The lowest BCUT2D eigenvalue weighted by atomic mass is 10.3. The van der Waals surface area contributed by atoms with Crippen molar-refractivity contribution in [3.8, 4) is 5.75 Å². The first kappa shape index (κ1) is 11.6. The summed E-state index contributed by atoms with van der Waals surface area (Å²) in [5.41, 5.74) is 0.423. The van der Waals surface area contributed by atoms with Crippen LogP contribution >= 0.6 is 39.1 Å². The Morgan fingerprint density at radius 2 is 2.14 bits per heavy atom. The Kier molecular flexibility index (Phi) is 4.04. The monoisotopic (exact) mass is 297 g/mol. The van der Waals surface area contributed by atoms with Crippen molar-refractivity contribution in [3.05, 3.63) is 22.2 Å². The van der Waals surface area contributed by atoms with Crippen LogP contribution < -0.4 is 10.1 Å². The minimum Gasteiger partial charge on any atom is -0.493 e. The van der Waals surface area contributed by atoms with Crippen LogP contribution in [0.3, 0.4) is 0 Å². The molecule has 14 heavy (non-hydrogen) atoms. The summed E-state index contributed by atoms with van der Waals surface area (Å²) in [6.07, 6.45) is 0. The van der Waals surface area contributed by atoms with Crippen LogP contribution in [-0.2, 0) is 0 Å². The van der Waals surface area contributed by atoms with Crippen molar-refractivity contribution in [1.29, 1.82) is 0 Å². The lowest BCUT2D eigenvalue weighted by Gasteiger charge is -2.10. The lowest BCUT2D eigenvalue weighted by Crippen LogP contribution is -2.02. The summed E-state index contributed by atoms with van der Waals surface area (Å²) in [6.45, 7) is 0. The molecule has 6 heteroatoms. The average molecular weight is 299 g/mol. The second kappa shape index (κ2) is 4.87. The van der Waals surface area contributed by atoms with E-state index < -0.39 is 4.82 Å². The van der Waals surface area contributed by atoms with Gasteiger partial charge in [-0.2, -0.15) is 0 Å². The minimum atomic E-state index is -0.394. The third-order valence-corrected chi connectivity index (χ3v) is 2.14. The predicted molar refractivity (Wildman–Crippen MR) is 61.0 cm³/mol. The fourth-order valence-corrected chi connectivity index (χ4v) is 1.75. The molecular formula is C8H6BrCl2NO2. The third-order valence-electron chi connectivity index (χ3n) is 1.45. The van der Waals surface area contributed by atoms with Crippen LogP contribution in [0.15, 0.2) is 12.1 Å². The van der Waals surface area contributed by atoms with Gasteiger partial charge >= 0.3 is 0 Å². The summed E-state index contributed by atoms with van der Waals surface area (Å²) in [7, 11) is 1.46. The lowest BCUT2D eigenvalue weighted by molar-refractivity contribution is 0.270. The van der Waals surface area contributed by atoms with E-state index in [-0.39, 0.29) is 0 Å². The molecule has 0 heterocycles. The molecule has 0 aliphatic heterocycles. The van der Waals surface area contributed by atoms with E-state index in [4.69, 9.17) is 27.9 Å². The molecule has 1 aromatic rings. The summed E-state index contributed by atoms with van der Waals surface area (Å²) in [5, 5.41) is 3.26. The van der Waals surface area contributed by atoms with Gasteiger partial charge < -0.3 is 10.1 Å². The zero-order valence-corrected chi connectivity index (χ0v) is 10.2. The fourth-order valence-electron chi connectivity index (χ4n) is 0.967. The van der Waals surface area contributed by atoms with E-state index in [1.807, 2.05) is 0 Å². The first-order valence-electron chi connectivity index (χ1n) is 3.54. The molecular weight excluding hydrogens is 293 g/mol. The number of carbonyl (C=O) groups is 1. The second-order valence-corrected chi connectivity index (χ2v) is 3.93. The van der Waals surface area contributed by atoms with Crippen molar-refractivity contribution in [3.63, 3.8) is 0 Å². The molecule has 1 amide bonds. The number of amides is 1. The Morgan fingerprint density at radius 3 is 2.64 bits per heavy atom. The standard InChI is InChI=1S/C8H6BrCl2NO2/c1-14-7-5(11)2-4(10)3-6(7)12-8(9)13/h2-3H,1H3,(H,12,13). The molecule has 0 bridgehead atoms. The Morgan fingerprint density at radius 1 is 1.50 bits per heavy atom. The summed E-state index contributed by atoms with van der Waals surface area (Å²) < 4.78 is 5.01. The molecule has 3 nitrogen and oxygen atoms in total. The number of nitrogens with one attached hydrogen (secondary N) is 1. The molecule has 76 valence electrons. The number of hydrogen-bond donors (Lipinski definition) is 1. The zero-order valence-electron chi connectivity index (χ0n) is 7.11. The SMILES string of the molecule is COc1c(Cl)cc(Cl)cc1NC(=O)Br. The van der Waals surface area contributed by atoms with E-state index in [0.29, 0.717) is 21.5 Å². The van der Waals surface area contributed by atoms with Crippen LogP contribution in [0.5, 0.6) is 5.75 Å². The number of halogens is 3. The van der Waals surface area contributed by atoms with Crippen LogP contribution in [0.2, 0.25) is 10.0 Å². The number of hydrogen-bond acceptors (Lipinski definition) is 2. The van der Waals surface area contributed by atoms with Gasteiger partial charge in [0.05, 0.1) is 17.8 Å². The molecule has 0 saturated carbocycles. The zero-order chi connectivity index (χ0) is 10.7. The maximum absolute atomic E-state index is 10.8. The normalized spacial score (nSPS) is 9.71. The molecule has 0 saturated heterocycles. The van der Waals surface area contributed by atoms with Crippen molar-refractivity contribution in [2.45, 2.75) is 0 Å². The second-order valence-electron chi connectivity index (χ2n) is 2.37. The third kappa shape index (κ3) is 2.77. The first-order valence-corrected chi connectivity index (χ1v) is 5.09. The minimum absolute atomic E-state index is 0.344. The molecule has 1 N–H and O–H groups in total. The highest BCUT2D eigenvalue weighted by atomic mass is 79.9. The molecule has 1 aromatic carbocycles. The van der Waals surface area contributed by atoms with Crippen molar-refractivity contribution in [2.75, 3.05) is 12.4 Å². The van der Waals surface area contributed by atoms with E-state index in [1.165, 1.54) is 13.2 Å². The number of anilines is 1. The van der Waals surface area contributed by atoms with E-state index in [2.05, 4.69) is 21.2 Å². The summed E-state index contributed by atoms with van der Waals surface area (Å²) in [6, 6.07) is 3.08. The summed E-state index contributed by atoms with van der Waals surface area (Å²) >= 11 is 14.3. The van der Waals surface area contributed by atoms with Crippen molar-refractivity contribution < 1.29 is 9.53 Å². The van der Waals surface area contributed by atoms with Gasteiger partial charge in [-0.3, -0.25) is 4.79 Å². The maximum Gasteiger partial charge on any atom is 0.291 e. The number of ether oxygens (including phenoxy) is 1. The van der Waals surface area contributed by atoms with E-state index in [1.54, 1.807) is 6.07 Å². The van der Waals surface area contributed by atoms with Crippen LogP contribution in [0, 0.1) is 0 Å². The Hall–Kier alpha value is -0.450. The van der Waals surface area contributed by atoms with Crippen LogP contribution in [0.25, 0.3) is 0 Å². The summed E-state index contributed by atoms with van der Waals surface area (Å²) in [4.78, 5) is 10.4. The fraction of sp³-hybridized carbons (Fsp3) is 0.125. The van der Waals surface area contributed by atoms with E-state index >= 15 is 0 Å². The number of carbonyl (C=O) groups excluding carboxylic acids is 1. The Bertz CT molecular complexity index is 371. The quantitative estimate of drug-likeness (QED) is 0.663. The number of methoxy groups -OCH3 is 1. The highest BCUT2D eigenvalue weighted by Gasteiger charge is 2.10. The van der Waals surface area contributed by atoms with E-state index in [9.17, 15) is 4.79 Å². The highest BCUT2D eigenvalue weighted by molar-refractivity contribution is 9.18. The summed E-state index contributed by atoms with van der Waals surface area (Å²) in [5.74, 6) is 0.379. The van der Waals surface area contributed by atoms with Crippen LogP contribution in [0.4, 0.5) is 10.5 Å².